The maximum Gasteiger partial charge on any atom is 0.359 e. The molecule has 9 heteroatoms. The molecule has 0 spiro atoms. The van der Waals surface area contributed by atoms with Crippen LogP contribution in [-0.2, 0) is 17.9 Å². The topological polar surface area (TPSA) is 100 Å². The minimum absolute atomic E-state index is 0.0551. The van der Waals surface area contributed by atoms with Gasteiger partial charge in [-0.25, -0.2) is 9.48 Å². The Morgan fingerprint density at radius 1 is 1.10 bits per heavy atom. The van der Waals surface area contributed by atoms with Gasteiger partial charge in [0.25, 0.3) is 11.4 Å². The van der Waals surface area contributed by atoms with Gasteiger partial charge in [0, 0.05) is 22.5 Å². The quantitative estimate of drug-likeness (QED) is 0.464. The number of hydrogen-bond donors (Lipinski definition) is 0. The van der Waals surface area contributed by atoms with Crippen molar-refractivity contribution in [2.24, 2.45) is 0 Å². The highest BCUT2D eigenvalue weighted by Gasteiger charge is 2.19. The molecule has 0 aliphatic rings. The lowest BCUT2D eigenvalue weighted by Crippen LogP contribution is -2.25. The lowest BCUT2D eigenvalue weighted by Gasteiger charge is -2.08. The van der Waals surface area contributed by atoms with Crippen LogP contribution in [0.25, 0.3) is 22.2 Å². The van der Waals surface area contributed by atoms with Crippen LogP contribution in [0.1, 0.15) is 23.3 Å². The van der Waals surface area contributed by atoms with Crippen LogP contribution >= 0.6 is 11.6 Å². The van der Waals surface area contributed by atoms with Crippen LogP contribution in [0.2, 0.25) is 5.02 Å². The van der Waals surface area contributed by atoms with E-state index in [1.807, 2.05) is 0 Å². The van der Waals surface area contributed by atoms with Crippen molar-refractivity contribution in [2.45, 2.75) is 20.1 Å². The Morgan fingerprint density at radius 3 is 2.55 bits per heavy atom. The Morgan fingerprint density at radius 2 is 1.83 bits per heavy atom. The number of aromatic nitrogens is 4. The highest BCUT2D eigenvalue weighted by molar-refractivity contribution is 6.30. The van der Waals surface area contributed by atoms with Crippen molar-refractivity contribution in [1.82, 2.24) is 20.0 Å². The van der Waals surface area contributed by atoms with Gasteiger partial charge >= 0.3 is 5.97 Å². The second kappa shape index (κ2) is 7.84. The lowest BCUT2D eigenvalue weighted by molar-refractivity contribution is 0.0431. The Bertz CT molecular complexity index is 1250. The molecule has 0 fully saturated rings. The summed E-state index contributed by atoms with van der Waals surface area (Å²) in [5.41, 5.74) is 0.491. The molecule has 4 aromatic rings. The van der Waals surface area contributed by atoms with E-state index in [2.05, 4.69) is 15.3 Å². The van der Waals surface area contributed by atoms with Gasteiger partial charge < -0.3 is 9.15 Å². The Hall–Kier alpha value is -3.52. The normalized spacial score (nSPS) is 11.0. The van der Waals surface area contributed by atoms with E-state index in [0.29, 0.717) is 27.9 Å². The van der Waals surface area contributed by atoms with Gasteiger partial charge in [0.1, 0.15) is 0 Å². The van der Waals surface area contributed by atoms with Crippen LogP contribution in [0.15, 0.2) is 57.7 Å². The largest absolute Gasteiger partial charge is 0.451 e. The van der Waals surface area contributed by atoms with Crippen molar-refractivity contribution in [1.29, 1.82) is 0 Å². The molecule has 0 N–H and O–H groups in total. The number of aryl methyl sites for hydroxylation is 1. The van der Waals surface area contributed by atoms with E-state index in [4.69, 9.17) is 20.8 Å². The molecule has 146 valence electrons. The van der Waals surface area contributed by atoms with Crippen molar-refractivity contribution in [3.63, 3.8) is 0 Å². The van der Waals surface area contributed by atoms with Crippen molar-refractivity contribution in [3.05, 3.63) is 75.5 Å². The fraction of sp³-hybridized carbons (Fsp3) is 0.150. The molecule has 29 heavy (non-hydrogen) atoms. The first-order chi connectivity index (χ1) is 14.1. The number of rotatable bonds is 5. The first-order valence-electron chi connectivity index (χ1n) is 8.82. The minimum Gasteiger partial charge on any atom is -0.451 e. The molecule has 0 aliphatic carbocycles. The van der Waals surface area contributed by atoms with Gasteiger partial charge in [0.15, 0.2) is 12.3 Å². The fourth-order valence-corrected chi connectivity index (χ4v) is 2.94. The molecule has 0 saturated carbocycles. The standard InChI is InChI=1S/C20H15ClN4O4/c1-2-25-19(26)15-6-4-3-5-14(15)17(24-25)20(27)28-11-16-22-23-18(29-16)12-7-9-13(21)10-8-12/h3-10H,2,11H2,1H3. The fourth-order valence-electron chi connectivity index (χ4n) is 2.82. The van der Waals surface area contributed by atoms with E-state index in [1.165, 1.54) is 4.68 Å². The number of fused-ring (bicyclic) bond motifs is 1. The van der Waals surface area contributed by atoms with Crippen LogP contribution in [0.4, 0.5) is 0 Å². The molecule has 0 radical (unpaired) electrons. The molecule has 2 heterocycles. The molecule has 0 bridgehead atoms. The summed E-state index contributed by atoms with van der Waals surface area (Å²) in [6.07, 6.45) is 0. The van der Waals surface area contributed by atoms with E-state index in [1.54, 1.807) is 55.5 Å². The number of esters is 1. The highest BCUT2D eigenvalue weighted by atomic mass is 35.5. The molecule has 4 rings (SSSR count). The van der Waals surface area contributed by atoms with Crippen molar-refractivity contribution < 1.29 is 13.9 Å². The summed E-state index contributed by atoms with van der Waals surface area (Å²) in [7, 11) is 0. The third-order valence-electron chi connectivity index (χ3n) is 4.25. The molecule has 0 atom stereocenters. The van der Waals surface area contributed by atoms with Gasteiger partial charge in [-0.05, 0) is 37.3 Å². The Balaban J connectivity index is 1.56. The van der Waals surface area contributed by atoms with Crippen molar-refractivity contribution in [2.75, 3.05) is 0 Å². The average molecular weight is 411 g/mol. The molecule has 0 aliphatic heterocycles. The van der Waals surface area contributed by atoms with E-state index >= 15 is 0 Å². The number of carbonyl (C=O) groups excluding carboxylic acids is 1. The Kier molecular flexibility index (Phi) is 5.09. The monoisotopic (exact) mass is 410 g/mol. The summed E-state index contributed by atoms with van der Waals surface area (Å²) in [4.78, 5) is 25.0. The van der Waals surface area contributed by atoms with E-state index < -0.39 is 5.97 Å². The summed E-state index contributed by atoms with van der Waals surface area (Å²) in [5.74, 6) is -0.262. The SMILES string of the molecule is CCn1nc(C(=O)OCc2nnc(-c3ccc(Cl)cc3)o2)c2ccccc2c1=O. The highest BCUT2D eigenvalue weighted by Crippen LogP contribution is 2.21. The van der Waals surface area contributed by atoms with Crippen LogP contribution in [0, 0.1) is 0 Å². The van der Waals surface area contributed by atoms with Gasteiger partial charge in [0.2, 0.25) is 5.89 Å². The molecular formula is C20H15ClN4O4. The smallest absolute Gasteiger partial charge is 0.359 e. The van der Waals surface area contributed by atoms with Gasteiger partial charge in [-0.15, -0.1) is 10.2 Å². The van der Waals surface area contributed by atoms with Crippen LogP contribution in [0.3, 0.4) is 0 Å². The van der Waals surface area contributed by atoms with Crippen LogP contribution < -0.4 is 5.56 Å². The predicted octanol–water partition coefficient (Wildman–Crippen LogP) is 3.48. The van der Waals surface area contributed by atoms with Gasteiger partial charge in [0.05, 0.1) is 5.39 Å². The van der Waals surface area contributed by atoms with E-state index in [-0.39, 0.29) is 29.6 Å². The summed E-state index contributed by atoms with van der Waals surface area (Å²) < 4.78 is 12.1. The van der Waals surface area contributed by atoms with E-state index in [0.717, 1.165) is 0 Å². The summed E-state index contributed by atoms with van der Waals surface area (Å²) in [5, 5.41) is 13.4. The lowest BCUT2D eigenvalue weighted by atomic mass is 10.1. The van der Waals surface area contributed by atoms with Gasteiger partial charge in [-0.1, -0.05) is 29.8 Å². The first-order valence-corrected chi connectivity index (χ1v) is 9.20. The zero-order valence-corrected chi connectivity index (χ0v) is 16.1. The maximum atomic E-state index is 12.6. The molecule has 0 unspecified atom stereocenters. The van der Waals surface area contributed by atoms with Gasteiger partial charge in [-0.3, -0.25) is 4.79 Å². The molecule has 2 aromatic heterocycles. The maximum absolute atomic E-state index is 12.6. The van der Waals surface area contributed by atoms with Crippen molar-refractivity contribution in [3.8, 4) is 11.5 Å². The first kappa shape index (κ1) is 18.8. The minimum atomic E-state index is -0.686. The van der Waals surface area contributed by atoms with Gasteiger partial charge in [-0.2, -0.15) is 5.10 Å². The zero-order valence-electron chi connectivity index (χ0n) is 15.3. The number of hydrogen-bond acceptors (Lipinski definition) is 7. The Labute approximate surface area is 169 Å². The third kappa shape index (κ3) is 3.74. The second-order valence-corrected chi connectivity index (χ2v) is 6.54. The predicted molar refractivity (Wildman–Crippen MR) is 106 cm³/mol. The van der Waals surface area contributed by atoms with Crippen molar-refractivity contribution >= 4 is 28.3 Å². The van der Waals surface area contributed by atoms with E-state index in [9.17, 15) is 9.59 Å². The second-order valence-electron chi connectivity index (χ2n) is 6.10. The zero-order chi connectivity index (χ0) is 20.4. The number of halogens is 1. The molecule has 8 nitrogen and oxygen atoms in total. The molecule has 0 saturated heterocycles. The molecular weight excluding hydrogens is 396 g/mol. The number of ether oxygens (including phenoxy) is 1. The average Bonchev–Trinajstić information content (AvgIpc) is 3.22. The third-order valence-corrected chi connectivity index (χ3v) is 4.50. The number of nitrogens with zero attached hydrogens (tertiary/aromatic N) is 4. The van der Waals surface area contributed by atoms with Crippen LogP contribution in [0.5, 0.6) is 0 Å². The summed E-state index contributed by atoms with van der Waals surface area (Å²) >= 11 is 5.87. The summed E-state index contributed by atoms with van der Waals surface area (Å²) in [6.45, 7) is 1.88. The molecule has 2 aromatic carbocycles. The van der Waals surface area contributed by atoms with Crippen LogP contribution in [-0.4, -0.2) is 25.9 Å². The summed E-state index contributed by atoms with van der Waals surface area (Å²) in [6, 6.07) is 13.7. The molecule has 0 amide bonds. The number of carbonyl (C=O) groups is 1. The number of benzene rings is 2.